The van der Waals surface area contributed by atoms with Crippen molar-refractivity contribution in [3.05, 3.63) is 62.9 Å². The van der Waals surface area contributed by atoms with Crippen molar-refractivity contribution in [1.82, 2.24) is 20.6 Å². The number of rotatable bonds is 4. The molecule has 0 radical (unpaired) electrons. The number of urea groups is 1. The number of anilines is 1. The molecule has 0 aliphatic carbocycles. The minimum absolute atomic E-state index is 0.0487. The normalized spacial score (nSPS) is 12.3. The molecule has 5 rings (SSSR count). The molecule has 0 fully saturated rings. The summed E-state index contributed by atoms with van der Waals surface area (Å²) in [5.74, 6) is 2.82. The highest BCUT2D eigenvalue weighted by atomic mass is 32.1. The van der Waals surface area contributed by atoms with Crippen molar-refractivity contribution in [2.75, 3.05) is 5.32 Å². The van der Waals surface area contributed by atoms with E-state index in [2.05, 4.69) is 31.8 Å². The van der Waals surface area contributed by atoms with Gasteiger partial charge < -0.3 is 10.6 Å². The van der Waals surface area contributed by atoms with Gasteiger partial charge in [-0.05, 0) is 34.2 Å². The van der Waals surface area contributed by atoms with E-state index in [-0.39, 0.29) is 11.9 Å². The highest BCUT2D eigenvalue weighted by molar-refractivity contribution is 7.17. The Kier molecular flexibility index (Phi) is 4.86. The molecule has 2 aromatic carbocycles. The van der Waals surface area contributed by atoms with Crippen LogP contribution in [0.1, 0.15) is 26.5 Å². The van der Waals surface area contributed by atoms with Crippen molar-refractivity contribution >= 4 is 50.6 Å². The molecule has 0 atom stereocenters. The monoisotopic (exact) mass is 445 g/mol. The largest absolute Gasteiger partial charge is 0.348 e. The molecule has 3 N–H and O–H groups in total. The average molecular weight is 446 g/mol. The van der Waals surface area contributed by atoms with Crippen molar-refractivity contribution in [3.8, 4) is 23.5 Å². The predicted octanol–water partition coefficient (Wildman–Crippen LogP) is 3.97. The van der Waals surface area contributed by atoms with Crippen LogP contribution in [0.25, 0.3) is 21.3 Å². The van der Waals surface area contributed by atoms with Crippen molar-refractivity contribution in [2.24, 2.45) is 0 Å². The van der Waals surface area contributed by atoms with E-state index >= 15 is 0 Å². The first kappa shape index (κ1) is 19.2. The maximum atomic E-state index is 12.3. The molecule has 3 heterocycles. The molecular weight excluding hydrogens is 430 g/mol. The van der Waals surface area contributed by atoms with E-state index in [1.807, 2.05) is 30.3 Å². The molecule has 9 heteroatoms. The second kappa shape index (κ2) is 7.83. The topological polar surface area (TPSA) is 96.0 Å². The van der Waals surface area contributed by atoms with Gasteiger partial charge in [0.1, 0.15) is 5.82 Å². The highest BCUT2D eigenvalue weighted by Crippen LogP contribution is 2.36. The molecule has 1 aliphatic rings. The van der Waals surface area contributed by atoms with Gasteiger partial charge in [-0.3, -0.25) is 10.1 Å². The number of hydrogen-bond donors (Lipinski definition) is 3. The molecule has 0 saturated heterocycles. The van der Waals surface area contributed by atoms with Crippen LogP contribution in [-0.4, -0.2) is 21.9 Å². The Hall–Kier alpha value is -3.74. The average Bonchev–Trinajstić information content (AvgIpc) is 3.52. The fourth-order valence-electron chi connectivity index (χ4n) is 3.52. The summed E-state index contributed by atoms with van der Waals surface area (Å²) >= 11 is 2.78. The fraction of sp³-hybridized carbons (Fsp3) is 0.0909. The zero-order chi connectivity index (χ0) is 21.4. The molecule has 3 amide bonds. The van der Waals surface area contributed by atoms with E-state index in [1.54, 1.807) is 10.9 Å². The summed E-state index contributed by atoms with van der Waals surface area (Å²) in [4.78, 5) is 32.9. The third kappa shape index (κ3) is 3.63. The summed E-state index contributed by atoms with van der Waals surface area (Å²) in [5.41, 5.74) is 7.26. The first-order valence-corrected chi connectivity index (χ1v) is 11.1. The molecule has 1 aliphatic heterocycles. The molecule has 0 unspecified atom stereocenters. The lowest BCUT2D eigenvalue weighted by atomic mass is 9.95. The number of aromatic nitrogens is 2. The molecular formula is C22H15N5O2S2. The number of fused-ring (bicyclic) bond motifs is 3. The van der Waals surface area contributed by atoms with Gasteiger partial charge in [0, 0.05) is 18.5 Å². The summed E-state index contributed by atoms with van der Waals surface area (Å²) < 4.78 is 0.926. The fourth-order valence-corrected chi connectivity index (χ4v) is 4.91. The summed E-state index contributed by atoms with van der Waals surface area (Å²) in [6.07, 6.45) is 5.29. The Morgan fingerprint density at radius 3 is 2.87 bits per heavy atom. The molecule has 152 valence electrons. The summed E-state index contributed by atoms with van der Waals surface area (Å²) in [5, 5.41) is 10.6. The van der Waals surface area contributed by atoms with Crippen molar-refractivity contribution in [2.45, 2.75) is 13.1 Å². The number of carbonyl (C=O) groups is 2. The van der Waals surface area contributed by atoms with Gasteiger partial charge in [0.15, 0.2) is 5.01 Å². The van der Waals surface area contributed by atoms with Crippen LogP contribution in [0.15, 0.2) is 41.2 Å². The van der Waals surface area contributed by atoms with Gasteiger partial charge in [-0.2, -0.15) is 0 Å². The zero-order valence-corrected chi connectivity index (χ0v) is 17.7. The van der Waals surface area contributed by atoms with Gasteiger partial charge in [-0.1, -0.05) is 24.3 Å². The van der Waals surface area contributed by atoms with Crippen LogP contribution < -0.4 is 16.0 Å². The lowest BCUT2D eigenvalue weighted by Gasteiger charge is -2.10. The Balaban J connectivity index is 1.31. The van der Waals surface area contributed by atoms with Crippen molar-refractivity contribution < 1.29 is 9.59 Å². The van der Waals surface area contributed by atoms with Gasteiger partial charge in [-0.15, -0.1) is 29.1 Å². The number of carbonyl (C=O) groups excluding carboxylic acids is 2. The number of nitrogens with one attached hydrogen (secondary N) is 3. The number of benzene rings is 2. The third-order valence-electron chi connectivity index (χ3n) is 4.97. The standard InChI is InChI=1S/C22H15N5O2S2/c1-2-18-26-17(10-30-18)27-22(29)24-8-12-3-5-13(6-4-12)14-7-16-20(31-11-25-16)19-15(14)9-23-21(19)28/h1,3-7,10-11H,8-9H2,(H,23,28)(H2,24,27,29). The molecule has 31 heavy (non-hydrogen) atoms. The van der Waals surface area contributed by atoms with Gasteiger partial charge in [0.25, 0.3) is 5.91 Å². The Morgan fingerprint density at radius 1 is 1.26 bits per heavy atom. The van der Waals surface area contributed by atoms with E-state index in [1.165, 1.54) is 22.7 Å². The third-order valence-corrected chi connectivity index (χ3v) is 6.60. The molecule has 7 nitrogen and oxygen atoms in total. The minimum atomic E-state index is -0.352. The predicted molar refractivity (Wildman–Crippen MR) is 122 cm³/mol. The molecule has 0 spiro atoms. The van der Waals surface area contributed by atoms with Crippen LogP contribution in [0.5, 0.6) is 0 Å². The second-order valence-electron chi connectivity index (χ2n) is 6.85. The van der Waals surface area contributed by atoms with Gasteiger partial charge in [0.2, 0.25) is 0 Å². The molecule has 4 aromatic rings. The smallest absolute Gasteiger partial charge is 0.320 e. The minimum Gasteiger partial charge on any atom is -0.348 e. The van der Waals surface area contributed by atoms with Gasteiger partial charge in [0.05, 0.1) is 21.3 Å². The number of terminal acetylenes is 1. The van der Waals surface area contributed by atoms with Crippen LogP contribution in [-0.2, 0) is 13.1 Å². The number of thiazole rings is 2. The maximum absolute atomic E-state index is 12.3. The molecule has 0 bridgehead atoms. The Labute approximate surface area is 185 Å². The maximum Gasteiger partial charge on any atom is 0.320 e. The number of nitrogens with zero attached hydrogens (tertiary/aromatic N) is 2. The zero-order valence-electron chi connectivity index (χ0n) is 16.1. The van der Waals surface area contributed by atoms with E-state index in [0.29, 0.717) is 23.9 Å². The lowest BCUT2D eigenvalue weighted by Crippen LogP contribution is -2.28. The molecule has 2 aromatic heterocycles. The van der Waals surface area contributed by atoms with Gasteiger partial charge in [-0.25, -0.2) is 14.8 Å². The quantitative estimate of drug-likeness (QED) is 0.414. The number of hydrogen-bond acceptors (Lipinski definition) is 6. The van der Waals surface area contributed by atoms with Crippen LogP contribution in [0.2, 0.25) is 0 Å². The van der Waals surface area contributed by atoms with E-state index in [0.717, 1.165) is 38.0 Å². The second-order valence-corrected chi connectivity index (χ2v) is 8.56. The number of amides is 3. The van der Waals surface area contributed by atoms with Crippen molar-refractivity contribution in [1.29, 1.82) is 0 Å². The summed E-state index contributed by atoms with van der Waals surface area (Å²) in [6, 6.07) is 9.57. The SMILES string of the molecule is C#Cc1nc(NC(=O)NCc2ccc(-c3cc4ncsc4c4c3CNC4=O)cc2)cs1. The van der Waals surface area contributed by atoms with Gasteiger partial charge >= 0.3 is 6.03 Å². The van der Waals surface area contributed by atoms with E-state index in [9.17, 15) is 9.59 Å². The van der Waals surface area contributed by atoms with Crippen molar-refractivity contribution in [3.63, 3.8) is 0 Å². The van der Waals surface area contributed by atoms with Crippen LogP contribution in [0.3, 0.4) is 0 Å². The highest BCUT2D eigenvalue weighted by Gasteiger charge is 2.26. The summed E-state index contributed by atoms with van der Waals surface area (Å²) in [6.45, 7) is 0.875. The van der Waals surface area contributed by atoms with Crippen LogP contribution >= 0.6 is 22.7 Å². The van der Waals surface area contributed by atoms with Crippen LogP contribution in [0, 0.1) is 12.3 Å². The Morgan fingerprint density at radius 2 is 2.10 bits per heavy atom. The first-order chi connectivity index (χ1) is 15.1. The summed E-state index contributed by atoms with van der Waals surface area (Å²) in [7, 11) is 0. The molecule has 0 saturated carbocycles. The Bertz CT molecular complexity index is 1370. The lowest BCUT2D eigenvalue weighted by molar-refractivity contribution is 0.0967. The van der Waals surface area contributed by atoms with E-state index in [4.69, 9.17) is 6.42 Å². The first-order valence-electron chi connectivity index (χ1n) is 9.36. The van der Waals surface area contributed by atoms with Crippen LogP contribution in [0.4, 0.5) is 10.6 Å². The van der Waals surface area contributed by atoms with E-state index < -0.39 is 0 Å².